The Morgan fingerprint density at radius 1 is 0.893 bits per heavy atom. The van der Waals surface area contributed by atoms with Gasteiger partial charge in [-0.05, 0) is 49.3 Å². The van der Waals surface area contributed by atoms with Crippen LogP contribution in [0.15, 0.2) is 47.8 Å². The van der Waals surface area contributed by atoms with Gasteiger partial charge < -0.3 is 9.47 Å². The lowest BCUT2D eigenvalue weighted by atomic mass is 9.94. The highest BCUT2D eigenvalue weighted by atomic mass is 16.5. The van der Waals surface area contributed by atoms with Gasteiger partial charge in [0.15, 0.2) is 5.78 Å². The molecule has 146 valence electrons. The minimum Gasteiger partial charge on any atom is -0.481 e. The molecule has 28 heavy (non-hydrogen) atoms. The van der Waals surface area contributed by atoms with Crippen molar-refractivity contribution in [2.24, 2.45) is 0 Å². The topological polar surface area (TPSA) is 64.6 Å². The Kier molecular flexibility index (Phi) is 6.21. The fourth-order valence-corrected chi connectivity index (χ4v) is 3.03. The number of ether oxygens (including phenoxy) is 2. The Morgan fingerprint density at radius 3 is 1.68 bits per heavy atom. The van der Waals surface area contributed by atoms with E-state index in [4.69, 9.17) is 9.47 Å². The van der Waals surface area contributed by atoms with Crippen molar-refractivity contribution in [3.8, 4) is 11.8 Å². The van der Waals surface area contributed by atoms with Gasteiger partial charge in [0.05, 0.1) is 14.2 Å². The maximum atomic E-state index is 13.1. The van der Waals surface area contributed by atoms with Gasteiger partial charge in [0, 0.05) is 54.8 Å². The SMILES string of the molecule is COc1ccc(/C=C2\CN(C(C)C)C/C(=C\c3ccc(OC)nc3)C2=O)cn1. The first-order valence-corrected chi connectivity index (χ1v) is 9.20. The first-order valence-electron chi connectivity index (χ1n) is 9.20. The second-order valence-corrected chi connectivity index (χ2v) is 6.93. The molecule has 1 fully saturated rings. The van der Waals surface area contributed by atoms with Crippen LogP contribution in [0.25, 0.3) is 12.2 Å². The zero-order valence-electron chi connectivity index (χ0n) is 16.7. The van der Waals surface area contributed by atoms with Crippen LogP contribution in [-0.2, 0) is 4.79 Å². The predicted molar refractivity (Wildman–Crippen MR) is 109 cm³/mol. The molecule has 3 rings (SSSR count). The lowest BCUT2D eigenvalue weighted by Gasteiger charge is -2.32. The van der Waals surface area contributed by atoms with Crippen molar-refractivity contribution in [2.75, 3.05) is 27.3 Å². The second kappa shape index (κ2) is 8.80. The Balaban J connectivity index is 1.92. The molecule has 0 N–H and O–H groups in total. The van der Waals surface area contributed by atoms with Crippen LogP contribution in [0.3, 0.4) is 0 Å². The van der Waals surface area contributed by atoms with E-state index in [-0.39, 0.29) is 5.78 Å². The van der Waals surface area contributed by atoms with Crippen LogP contribution in [0, 0.1) is 0 Å². The largest absolute Gasteiger partial charge is 0.481 e. The van der Waals surface area contributed by atoms with Crippen LogP contribution in [0.1, 0.15) is 25.0 Å². The highest BCUT2D eigenvalue weighted by Gasteiger charge is 2.27. The standard InChI is InChI=1S/C22H25N3O3/c1-15(2)25-13-18(9-16-5-7-20(27-3)23-11-16)22(26)19(14-25)10-17-6-8-21(28-4)24-12-17/h5-12,15H,13-14H2,1-4H3/b18-9+,19-10+. The molecule has 2 aromatic heterocycles. The molecule has 0 aliphatic carbocycles. The maximum Gasteiger partial charge on any atom is 0.212 e. The Hall–Kier alpha value is -2.99. The molecular weight excluding hydrogens is 354 g/mol. The van der Waals surface area contributed by atoms with Crippen LogP contribution < -0.4 is 9.47 Å². The summed E-state index contributed by atoms with van der Waals surface area (Å²) < 4.78 is 10.2. The average Bonchev–Trinajstić information content (AvgIpc) is 2.71. The molecule has 0 aromatic carbocycles. The number of rotatable bonds is 5. The normalized spacial score (nSPS) is 18.1. The molecule has 2 aromatic rings. The number of carbonyl (C=O) groups excluding carboxylic acids is 1. The van der Waals surface area contributed by atoms with Gasteiger partial charge in [-0.25, -0.2) is 9.97 Å². The molecule has 0 bridgehead atoms. The minimum absolute atomic E-state index is 0.0588. The Bertz CT molecular complexity index is 815. The van der Waals surface area contributed by atoms with Gasteiger partial charge in [-0.1, -0.05) is 0 Å². The fraction of sp³-hybridized carbons (Fsp3) is 0.318. The summed E-state index contributed by atoms with van der Waals surface area (Å²) in [5, 5.41) is 0. The monoisotopic (exact) mass is 379 g/mol. The van der Waals surface area contributed by atoms with Crippen LogP contribution in [0.4, 0.5) is 0 Å². The molecule has 6 nitrogen and oxygen atoms in total. The van der Waals surface area contributed by atoms with E-state index in [1.807, 2.05) is 24.3 Å². The highest BCUT2D eigenvalue weighted by Crippen LogP contribution is 2.24. The van der Waals surface area contributed by atoms with Crippen molar-refractivity contribution < 1.29 is 14.3 Å². The molecule has 6 heteroatoms. The van der Waals surface area contributed by atoms with Crippen LogP contribution >= 0.6 is 0 Å². The van der Waals surface area contributed by atoms with E-state index in [0.717, 1.165) is 22.3 Å². The summed E-state index contributed by atoms with van der Waals surface area (Å²) in [6, 6.07) is 7.70. The van der Waals surface area contributed by atoms with Crippen LogP contribution in [0.2, 0.25) is 0 Å². The number of piperidine rings is 1. The highest BCUT2D eigenvalue weighted by molar-refractivity contribution is 6.14. The number of hydrogen-bond donors (Lipinski definition) is 0. The third-order valence-electron chi connectivity index (χ3n) is 4.68. The summed E-state index contributed by atoms with van der Waals surface area (Å²) in [4.78, 5) is 23.8. The number of ketones is 1. The number of likely N-dealkylation sites (tertiary alicyclic amines) is 1. The van der Waals surface area contributed by atoms with Crippen molar-refractivity contribution in [1.29, 1.82) is 0 Å². The smallest absolute Gasteiger partial charge is 0.212 e. The summed E-state index contributed by atoms with van der Waals surface area (Å²) in [6.07, 6.45) is 7.24. The second-order valence-electron chi connectivity index (χ2n) is 6.93. The van der Waals surface area contributed by atoms with Gasteiger partial charge in [-0.15, -0.1) is 0 Å². The lowest BCUT2D eigenvalue weighted by Crippen LogP contribution is -2.41. The summed E-state index contributed by atoms with van der Waals surface area (Å²) in [5.74, 6) is 1.16. The van der Waals surface area contributed by atoms with Crippen molar-refractivity contribution in [2.45, 2.75) is 19.9 Å². The number of pyridine rings is 2. The molecule has 1 aliphatic rings. The molecule has 0 unspecified atom stereocenters. The first kappa shape index (κ1) is 19.8. The van der Waals surface area contributed by atoms with Crippen molar-refractivity contribution in [1.82, 2.24) is 14.9 Å². The molecule has 3 heterocycles. The zero-order chi connectivity index (χ0) is 20.1. The van der Waals surface area contributed by atoms with Gasteiger partial charge in [0.2, 0.25) is 11.8 Å². The molecule has 0 atom stereocenters. The molecule has 0 saturated carbocycles. The van der Waals surface area contributed by atoms with Gasteiger partial charge in [-0.3, -0.25) is 9.69 Å². The average molecular weight is 379 g/mol. The van der Waals surface area contributed by atoms with E-state index in [1.165, 1.54) is 0 Å². The third-order valence-corrected chi connectivity index (χ3v) is 4.68. The minimum atomic E-state index is 0.0588. The zero-order valence-corrected chi connectivity index (χ0v) is 16.7. The summed E-state index contributed by atoms with van der Waals surface area (Å²) in [5.41, 5.74) is 3.25. The molecule has 0 radical (unpaired) electrons. The van der Waals surface area contributed by atoms with Crippen LogP contribution in [-0.4, -0.2) is 54.0 Å². The third kappa shape index (κ3) is 4.64. The van der Waals surface area contributed by atoms with E-state index in [1.54, 1.807) is 38.7 Å². The van der Waals surface area contributed by atoms with Gasteiger partial charge in [0.1, 0.15) is 0 Å². The summed E-state index contributed by atoms with van der Waals surface area (Å²) >= 11 is 0. The van der Waals surface area contributed by atoms with E-state index < -0.39 is 0 Å². The number of Topliss-reactive ketones (excluding diaryl/α,β-unsaturated/α-hetero) is 1. The van der Waals surface area contributed by atoms with E-state index in [2.05, 4.69) is 28.7 Å². The number of methoxy groups -OCH3 is 2. The number of aromatic nitrogens is 2. The summed E-state index contributed by atoms with van der Waals surface area (Å²) in [6.45, 7) is 5.49. The van der Waals surface area contributed by atoms with Crippen molar-refractivity contribution in [3.05, 3.63) is 58.9 Å². The molecular formula is C22H25N3O3. The maximum absolute atomic E-state index is 13.1. The van der Waals surface area contributed by atoms with Gasteiger partial charge >= 0.3 is 0 Å². The van der Waals surface area contributed by atoms with Crippen molar-refractivity contribution in [3.63, 3.8) is 0 Å². The number of hydrogen-bond acceptors (Lipinski definition) is 6. The fourth-order valence-electron chi connectivity index (χ4n) is 3.03. The van der Waals surface area contributed by atoms with Crippen LogP contribution in [0.5, 0.6) is 11.8 Å². The van der Waals surface area contributed by atoms with E-state index in [0.29, 0.717) is 30.9 Å². The first-order chi connectivity index (χ1) is 13.5. The Morgan fingerprint density at radius 2 is 1.36 bits per heavy atom. The number of nitrogens with zero attached hydrogens (tertiary/aromatic N) is 3. The molecule has 1 aliphatic heterocycles. The predicted octanol–water partition coefficient (Wildman–Crippen LogP) is 3.25. The lowest BCUT2D eigenvalue weighted by molar-refractivity contribution is -0.113. The number of carbonyl (C=O) groups is 1. The quantitative estimate of drug-likeness (QED) is 0.743. The van der Waals surface area contributed by atoms with Crippen molar-refractivity contribution >= 4 is 17.9 Å². The van der Waals surface area contributed by atoms with Gasteiger partial charge in [-0.2, -0.15) is 0 Å². The van der Waals surface area contributed by atoms with E-state index in [9.17, 15) is 4.79 Å². The Labute approximate surface area is 165 Å². The van der Waals surface area contributed by atoms with E-state index >= 15 is 0 Å². The molecule has 0 amide bonds. The van der Waals surface area contributed by atoms with Gasteiger partial charge in [0.25, 0.3) is 0 Å². The summed E-state index contributed by atoms with van der Waals surface area (Å²) in [7, 11) is 3.16. The molecule has 1 saturated heterocycles. The molecule has 0 spiro atoms.